The van der Waals surface area contributed by atoms with Crippen molar-refractivity contribution in [1.82, 2.24) is 0 Å². The maximum atomic E-state index is 12.9. The van der Waals surface area contributed by atoms with Crippen molar-refractivity contribution < 1.29 is 23.1 Å². The fourth-order valence-electron chi connectivity index (χ4n) is 2.08. The minimum absolute atomic E-state index is 0.0112. The molecule has 0 unspecified atom stereocenters. The van der Waals surface area contributed by atoms with Gasteiger partial charge in [-0.05, 0) is 59.3 Å². The van der Waals surface area contributed by atoms with Crippen LogP contribution >= 0.6 is 15.9 Å². The van der Waals surface area contributed by atoms with Crippen LogP contribution in [0.3, 0.4) is 0 Å². The Morgan fingerprint density at radius 1 is 1.17 bits per heavy atom. The van der Waals surface area contributed by atoms with E-state index in [9.17, 15) is 13.2 Å². The number of rotatable bonds is 7. The van der Waals surface area contributed by atoms with Crippen LogP contribution in [0.15, 0.2) is 57.9 Å². The molecule has 0 atom stereocenters. The molecule has 0 heterocycles. The van der Waals surface area contributed by atoms with E-state index in [0.29, 0.717) is 16.8 Å². The molecule has 0 aliphatic carbocycles. The predicted octanol–water partition coefficient (Wildman–Crippen LogP) is 3.13. The lowest BCUT2D eigenvalue weighted by atomic mass is 10.3. The van der Waals surface area contributed by atoms with Crippen molar-refractivity contribution in [3.8, 4) is 5.75 Å². The van der Waals surface area contributed by atoms with E-state index < -0.39 is 22.5 Å². The number of ether oxygens (including phenoxy) is 1. The zero-order valence-electron chi connectivity index (χ0n) is 12.8. The molecule has 0 radical (unpaired) electrons. The van der Waals surface area contributed by atoms with Gasteiger partial charge < -0.3 is 9.84 Å². The van der Waals surface area contributed by atoms with Gasteiger partial charge in [-0.3, -0.25) is 9.10 Å². The molecule has 0 spiro atoms. The molecule has 6 nitrogen and oxygen atoms in total. The molecule has 128 valence electrons. The lowest BCUT2D eigenvalue weighted by Gasteiger charge is -2.23. The van der Waals surface area contributed by atoms with Gasteiger partial charge in [0, 0.05) is 4.47 Å². The van der Waals surface area contributed by atoms with Gasteiger partial charge in [0.1, 0.15) is 12.3 Å². The molecular weight excluding hydrogens is 398 g/mol. The number of hydrogen-bond donors (Lipinski definition) is 1. The Morgan fingerprint density at radius 3 is 2.33 bits per heavy atom. The van der Waals surface area contributed by atoms with E-state index in [2.05, 4.69) is 15.9 Å². The summed E-state index contributed by atoms with van der Waals surface area (Å²) in [6.07, 6.45) is 0. The summed E-state index contributed by atoms with van der Waals surface area (Å²) < 4.78 is 32.4. The zero-order valence-corrected chi connectivity index (χ0v) is 15.2. The van der Waals surface area contributed by atoms with E-state index in [1.165, 1.54) is 24.3 Å². The molecule has 0 aliphatic heterocycles. The number of sulfonamides is 1. The second-order valence-electron chi connectivity index (χ2n) is 4.76. The highest BCUT2D eigenvalue weighted by Crippen LogP contribution is 2.31. The number of nitrogens with zero attached hydrogens (tertiary/aromatic N) is 1. The first-order chi connectivity index (χ1) is 11.4. The summed E-state index contributed by atoms with van der Waals surface area (Å²) in [5.41, 5.74) is 0.258. The van der Waals surface area contributed by atoms with Crippen LogP contribution in [-0.4, -0.2) is 32.6 Å². The number of carbonyl (C=O) groups is 1. The zero-order chi connectivity index (χ0) is 17.7. The van der Waals surface area contributed by atoms with Crippen LogP contribution in [0.2, 0.25) is 0 Å². The fraction of sp³-hybridized carbons (Fsp3) is 0.188. The molecular formula is C16H16BrNO5S. The van der Waals surface area contributed by atoms with Crippen LogP contribution < -0.4 is 9.04 Å². The van der Waals surface area contributed by atoms with Crippen molar-refractivity contribution in [1.29, 1.82) is 0 Å². The maximum absolute atomic E-state index is 12.9. The van der Waals surface area contributed by atoms with E-state index in [0.717, 1.165) is 4.31 Å². The monoisotopic (exact) mass is 413 g/mol. The molecule has 0 aliphatic rings. The molecule has 8 heteroatoms. The number of aliphatic carboxylic acids is 1. The molecule has 2 rings (SSSR count). The number of anilines is 1. The summed E-state index contributed by atoms with van der Waals surface area (Å²) in [6.45, 7) is 1.61. The van der Waals surface area contributed by atoms with Crippen molar-refractivity contribution >= 4 is 37.6 Å². The van der Waals surface area contributed by atoms with Crippen LogP contribution in [0.5, 0.6) is 5.75 Å². The Labute approximate surface area is 148 Å². The van der Waals surface area contributed by atoms with E-state index in [1.54, 1.807) is 24.3 Å². The molecule has 0 amide bonds. The van der Waals surface area contributed by atoms with Gasteiger partial charge in [-0.25, -0.2) is 8.42 Å². The molecule has 1 N–H and O–H groups in total. The Balaban J connectivity index is 2.47. The van der Waals surface area contributed by atoms with Crippen molar-refractivity contribution in [3.63, 3.8) is 0 Å². The number of halogens is 1. The number of para-hydroxylation sites is 1. The summed E-state index contributed by atoms with van der Waals surface area (Å²) in [7, 11) is -4.04. The molecule has 0 fully saturated rings. The number of benzene rings is 2. The highest BCUT2D eigenvalue weighted by Gasteiger charge is 2.28. The van der Waals surface area contributed by atoms with E-state index >= 15 is 0 Å². The van der Waals surface area contributed by atoms with Gasteiger partial charge >= 0.3 is 5.97 Å². The third-order valence-corrected chi connectivity index (χ3v) is 5.57. The summed E-state index contributed by atoms with van der Waals surface area (Å²) in [5, 5.41) is 9.12. The minimum atomic E-state index is -4.04. The highest BCUT2D eigenvalue weighted by atomic mass is 79.9. The number of hydrogen-bond acceptors (Lipinski definition) is 4. The average Bonchev–Trinajstić information content (AvgIpc) is 2.54. The summed E-state index contributed by atoms with van der Waals surface area (Å²) in [5.74, 6) is -0.706. The highest BCUT2D eigenvalue weighted by molar-refractivity contribution is 9.10. The second-order valence-corrected chi connectivity index (χ2v) is 7.48. The first-order valence-electron chi connectivity index (χ1n) is 7.08. The van der Waals surface area contributed by atoms with Gasteiger partial charge in [0.15, 0.2) is 0 Å². The van der Waals surface area contributed by atoms with Gasteiger partial charge in [0.25, 0.3) is 10.0 Å². The molecule has 0 aromatic heterocycles. The first-order valence-corrected chi connectivity index (χ1v) is 9.31. The maximum Gasteiger partial charge on any atom is 0.324 e. The average molecular weight is 414 g/mol. The van der Waals surface area contributed by atoms with Crippen LogP contribution in [0.4, 0.5) is 5.69 Å². The molecule has 0 saturated heterocycles. The fourth-order valence-corrected chi connectivity index (χ4v) is 4.13. The van der Waals surface area contributed by atoms with Crippen molar-refractivity contribution in [2.45, 2.75) is 11.8 Å². The van der Waals surface area contributed by atoms with Crippen LogP contribution in [0, 0.1) is 0 Å². The molecule has 0 bridgehead atoms. The SMILES string of the molecule is CCOc1ccc(S(=O)(=O)N(CC(=O)O)c2ccccc2Br)cc1. The summed E-state index contributed by atoms with van der Waals surface area (Å²) >= 11 is 3.26. The minimum Gasteiger partial charge on any atom is -0.494 e. The van der Waals surface area contributed by atoms with Gasteiger partial charge in [-0.2, -0.15) is 0 Å². The number of carboxylic acids is 1. The smallest absolute Gasteiger partial charge is 0.324 e. The summed E-state index contributed by atoms with van der Waals surface area (Å²) in [4.78, 5) is 11.2. The molecule has 0 saturated carbocycles. The third-order valence-electron chi connectivity index (χ3n) is 3.12. The molecule has 2 aromatic carbocycles. The Kier molecular flexibility index (Phi) is 5.84. The largest absolute Gasteiger partial charge is 0.494 e. The first kappa shape index (κ1) is 18.3. The quantitative estimate of drug-likeness (QED) is 0.753. The Bertz CT molecular complexity index is 821. The third kappa shape index (κ3) is 4.07. The Morgan fingerprint density at radius 2 is 1.79 bits per heavy atom. The number of carboxylic acid groups (broad SMARTS) is 1. The predicted molar refractivity (Wildman–Crippen MR) is 93.9 cm³/mol. The lowest BCUT2D eigenvalue weighted by Crippen LogP contribution is -2.36. The topological polar surface area (TPSA) is 83.9 Å². The second kappa shape index (κ2) is 7.67. The lowest BCUT2D eigenvalue weighted by molar-refractivity contribution is -0.135. The molecule has 2 aromatic rings. The van der Waals surface area contributed by atoms with Crippen molar-refractivity contribution in [3.05, 3.63) is 53.0 Å². The Hall–Kier alpha value is -2.06. The summed E-state index contributed by atoms with van der Waals surface area (Å²) in [6, 6.07) is 12.4. The van der Waals surface area contributed by atoms with Crippen LogP contribution in [0.1, 0.15) is 6.92 Å². The molecule has 24 heavy (non-hydrogen) atoms. The van der Waals surface area contributed by atoms with Crippen LogP contribution in [-0.2, 0) is 14.8 Å². The van der Waals surface area contributed by atoms with Crippen LogP contribution in [0.25, 0.3) is 0 Å². The van der Waals surface area contributed by atoms with Gasteiger partial charge in [0.05, 0.1) is 17.2 Å². The van der Waals surface area contributed by atoms with Crippen molar-refractivity contribution in [2.75, 3.05) is 17.5 Å². The standard InChI is InChI=1S/C16H16BrNO5S/c1-2-23-12-7-9-13(10-8-12)24(21,22)18(11-16(19)20)15-6-4-3-5-14(15)17/h3-10H,2,11H2,1H3,(H,19,20). The van der Waals surface area contributed by atoms with Gasteiger partial charge in [-0.15, -0.1) is 0 Å². The van der Waals surface area contributed by atoms with E-state index in [-0.39, 0.29) is 10.6 Å². The normalized spacial score (nSPS) is 11.1. The van der Waals surface area contributed by atoms with Gasteiger partial charge in [-0.1, -0.05) is 12.1 Å². The van der Waals surface area contributed by atoms with Gasteiger partial charge in [0.2, 0.25) is 0 Å². The van der Waals surface area contributed by atoms with E-state index in [1.807, 2.05) is 6.92 Å². The van der Waals surface area contributed by atoms with Crippen molar-refractivity contribution in [2.24, 2.45) is 0 Å². The van der Waals surface area contributed by atoms with E-state index in [4.69, 9.17) is 9.84 Å².